The number of halogens is 1. The minimum absolute atomic E-state index is 0. The van der Waals surface area contributed by atoms with Gasteiger partial charge in [0.2, 0.25) is 0 Å². The Morgan fingerprint density at radius 2 is 1.94 bits per heavy atom. The van der Waals surface area contributed by atoms with Gasteiger partial charge in [-0.2, -0.15) is 0 Å². The van der Waals surface area contributed by atoms with Gasteiger partial charge in [-0.15, -0.1) is 24.0 Å². The predicted molar refractivity (Wildman–Crippen MR) is 85.4 cm³/mol. The van der Waals surface area contributed by atoms with Gasteiger partial charge in [0.1, 0.15) is 0 Å². The van der Waals surface area contributed by atoms with Gasteiger partial charge in [0.25, 0.3) is 0 Å². The SMILES string of the molecule is CC1CCN(C(N)=NCCOCC2CC2)CC1.I. The number of ether oxygens (including phenoxy) is 1. The highest BCUT2D eigenvalue weighted by Gasteiger charge is 2.21. The quantitative estimate of drug-likeness (QED) is 0.350. The van der Waals surface area contributed by atoms with Crippen molar-refractivity contribution in [3.05, 3.63) is 0 Å². The first kappa shape index (κ1) is 16.0. The van der Waals surface area contributed by atoms with Crippen molar-refractivity contribution in [2.75, 3.05) is 32.8 Å². The van der Waals surface area contributed by atoms with Gasteiger partial charge in [0, 0.05) is 19.7 Å². The molecule has 106 valence electrons. The molecule has 18 heavy (non-hydrogen) atoms. The number of likely N-dealkylation sites (tertiary alicyclic amines) is 1. The average molecular weight is 367 g/mol. The number of hydrogen-bond acceptors (Lipinski definition) is 2. The van der Waals surface area contributed by atoms with Crippen molar-refractivity contribution < 1.29 is 4.74 Å². The molecule has 1 saturated heterocycles. The highest BCUT2D eigenvalue weighted by molar-refractivity contribution is 14.0. The van der Waals surface area contributed by atoms with E-state index >= 15 is 0 Å². The summed E-state index contributed by atoms with van der Waals surface area (Å²) >= 11 is 0. The molecule has 0 unspecified atom stereocenters. The first-order valence-electron chi connectivity index (χ1n) is 6.88. The van der Waals surface area contributed by atoms with Crippen LogP contribution in [0.3, 0.4) is 0 Å². The van der Waals surface area contributed by atoms with Crippen molar-refractivity contribution in [1.82, 2.24) is 4.90 Å². The lowest BCUT2D eigenvalue weighted by Gasteiger charge is -2.31. The summed E-state index contributed by atoms with van der Waals surface area (Å²) in [5, 5.41) is 0. The number of nitrogens with zero attached hydrogens (tertiary/aromatic N) is 2. The van der Waals surface area contributed by atoms with Crippen LogP contribution in [0.15, 0.2) is 4.99 Å². The molecule has 0 aromatic heterocycles. The first-order chi connectivity index (χ1) is 8.25. The summed E-state index contributed by atoms with van der Waals surface area (Å²) in [6.45, 7) is 6.73. The van der Waals surface area contributed by atoms with Crippen molar-refractivity contribution in [2.24, 2.45) is 22.6 Å². The van der Waals surface area contributed by atoms with Gasteiger partial charge in [0.05, 0.1) is 13.2 Å². The Morgan fingerprint density at radius 3 is 2.56 bits per heavy atom. The van der Waals surface area contributed by atoms with Gasteiger partial charge < -0.3 is 15.4 Å². The van der Waals surface area contributed by atoms with E-state index in [4.69, 9.17) is 10.5 Å². The lowest BCUT2D eigenvalue weighted by atomic mass is 10.00. The zero-order valence-electron chi connectivity index (χ0n) is 11.3. The van der Waals surface area contributed by atoms with Crippen LogP contribution in [-0.2, 0) is 4.74 Å². The number of rotatable bonds is 5. The van der Waals surface area contributed by atoms with Crippen LogP contribution in [0, 0.1) is 11.8 Å². The van der Waals surface area contributed by atoms with Crippen LogP contribution in [0.5, 0.6) is 0 Å². The van der Waals surface area contributed by atoms with Gasteiger partial charge in [-0.25, -0.2) is 0 Å². The maximum Gasteiger partial charge on any atom is 0.191 e. The third-order valence-electron chi connectivity index (χ3n) is 3.67. The average Bonchev–Trinajstić information content (AvgIpc) is 3.13. The summed E-state index contributed by atoms with van der Waals surface area (Å²) in [4.78, 5) is 6.58. The summed E-state index contributed by atoms with van der Waals surface area (Å²) in [5.74, 6) is 2.37. The van der Waals surface area contributed by atoms with E-state index < -0.39 is 0 Å². The molecule has 2 aliphatic rings. The molecule has 1 aliphatic heterocycles. The molecule has 0 bridgehead atoms. The molecule has 0 aromatic carbocycles. The second-order valence-electron chi connectivity index (χ2n) is 5.43. The van der Waals surface area contributed by atoms with Gasteiger partial charge in [-0.05, 0) is 37.5 Å². The number of piperidine rings is 1. The summed E-state index contributed by atoms with van der Waals surface area (Å²) in [5.41, 5.74) is 5.97. The second kappa shape index (κ2) is 8.19. The molecule has 2 fully saturated rings. The smallest absolute Gasteiger partial charge is 0.191 e. The molecule has 0 amide bonds. The van der Waals surface area contributed by atoms with E-state index in [1.165, 1.54) is 25.7 Å². The van der Waals surface area contributed by atoms with Crippen molar-refractivity contribution in [3.8, 4) is 0 Å². The van der Waals surface area contributed by atoms with E-state index in [0.29, 0.717) is 19.1 Å². The number of aliphatic imine (C=N–C) groups is 1. The Labute approximate surface area is 127 Å². The molecule has 4 nitrogen and oxygen atoms in total. The molecule has 1 aliphatic carbocycles. The van der Waals surface area contributed by atoms with Crippen molar-refractivity contribution >= 4 is 29.9 Å². The number of hydrogen-bond donors (Lipinski definition) is 1. The molecule has 0 spiro atoms. The van der Waals surface area contributed by atoms with Crippen LogP contribution in [0.2, 0.25) is 0 Å². The number of guanidine groups is 1. The first-order valence-corrected chi connectivity index (χ1v) is 6.88. The van der Waals surface area contributed by atoms with Gasteiger partial charge in [-0.1, -0.05) is 6.92 Å². The maximum absolute atomic E-state index is 5.97. The summed E-state index contributed by atoms with van der Waals surface area (Å²) in [6.07, 6.45) is 5.15. The summed E-state index contributed by atoms with van der Waals surface area (Å²) < 4.78 is 5.53. The third kappa shape index (κ3) is 5.73. The third-order valence-corrected chi connectivity index (χ3v) is 3.67. The Morgan fingerprint density at radius 1 is 1.28 bits per heavy atom. The summed E-state index contributed by atoms with van der Waals surface area (Å²) in [6, 6.07) is 0. The molecule has 0 atom stereocenters. The van der Waals surface area contributed by atoms with Crippen LogP contribution in [0.1, 0.15) is 32.6 Å². The largest absolute Gasteiger partial charge is 0.379 e. The standard InChI is InChI=1S/C13H25N3O.HI/c1-11-4-7-16(8-5-11)13(14)15-6-9-17-10-12-2-3-12;/h11-12H,2-10H2,1H3,(H2,14,15);1H. The normalized spacial score (nSPS) is 21.8. The van der Waals surface area contributed by atoms with Crippen LogP contribution >= 0.6 is 24.0 Å². The van der Waals surface area contributed by atoms with E-state index in [-0.39, 0.29) is 24.0 Å². The van der Waals surface area contributed by atoms with Crippen LogP contribution in [-0.4, -0.2) is 43.7 Å². The van der Waals surface area contributed by atoms with E-state index in [9.17, 15) is 0 Å². The van der Waals surface area contributed by atoms with Crippen LogP contribution in [0.4, 0.5) is 0 Å². The van der Waals surface area contributed by atoms with Gasteiger partial charge >= 0.3 is 0 Å². The van der Waals surface area contributed by atoms with Gasteiger partial charge in [-0.3, -0.25) is 4.99 Å². The fourth-order valence-electron chi connectivity index (χ4n) is 2.10. The molecule has 2 N–H and O–H groups in total. The topological polar surface area (TPSA) is 50.8 Å². The second-order valence-corrected chi connectivity index (χ2v) is 5.43. The zero-order valence-corrected chi connectivity index (χ0v) is 13.6. The number of nitrogens with two attached hydrogens (primary N) is 1. The highest BCUT2D eigenvalue weighted by atomic mass is 127. The lowest BCUT2D eigenvalue weighted by molar-refractivity contribution is 0.131. The van der Waals surface area contributed by atoms with Crippen molar-refractivity contribution in [1.29, 1.82) is 0 Å². The van der Waals surface area contributed by atoms with Crippen LogP contribution in [0.25, 0.3) is 0 Å². The van der Waals surface area contributed by atoms with E-state index in [1.54, 1.807) is 0 Å². The zero-order chi connectivity index (χ0) is 12.1. The Bertz CT molecular complexity index is 261. The monoisotopic (exact) mass is 367 g/mol. The highest BCUT2D eigenvalue weighted by Crippen LogP contribution is 2.28. The summed E-state index contributed by atoms with van der Waals surface area (Å²) in [7, 11) is 0. The molecule has 5 heteroatoms. The molecule has 0 aromatic rings. The minimum atomic E-state index is 0. The molecular weight excluding hydrogens is 341 g/mol. The minimum Gasteiger partial charge on any atom is -0.379 e. The molecule has 1 heterocycles. The Hall–Kier alpha value is -0.0400. The van der Waals surface area contributed by atoms with Crippen molar-refractivity contribution in [3.63, 3.8) is 0 Å². The predicted octanol–water partition coefficient (Wildman–Crippen LogP) is 2.08. The van der Waals surface area contributed by atoms with E-state index in [2.05, 4.69) is 16.8 Å². The molecule has 1 saturated carbocycles. The van der Waals surface area contributed by atoms with Crippen molar-refractivity contribution in [2.45, 2.75) is 32.6 Å². The molecular formula is C13H26IN3O. The Balaban J connectivity index is 0.00000162. The fourth-order valence-corrected chi connectivity index (χ4v) is 2.10. The maximum atomic E-state index is 5.97. The van der Waals surface area contributed by atoms with E-state index in [0.717, 1.165) is 31.5 Å². The lowest BCUT2D eigenvalue weighted by Crippen LogP contribution is -2.42. The fraction of sp³-hybridized carbons (Fsp3) is 0.923. The molecule has 0 radical (unpaired) electrons. The van der Waals surface area contributed by atoms with E-state index in [1.807, 2.05) is 0 Å². The Kier molecular flexibility index (Phi) is 7.29. The van der Waals surface area contributed by atoms with Gasteiger partial charge in [0.15, 0.2) is 5.96 Å². The van der Waals surface area contributed by atoms with Crippen LogP contribution < -0.4 is 5.73 Å². The molecule has 2 rings (SSSR count).